The van der Waals surface area contributed by atoms with Gasteiger partial charge in [-0.05, 0) is 47.3 Å². The van der Waals surface area contributed by atoms with Crippen LogP contribution >= 0.6 is 0 Å². The van der Waals surface area contributed by atoms with Crippen LogP contribution in [0.1, 0.15) is 0 Å². The summed E-state index contributed by atoms with van der Waals surface area (Å²) in [5.41, 5.74) is 0. The van der Waals surface area contributed by atoms with E-state index in [4.69, 9.17) is 0 Å². The van der Waals surface area contributed by atoms with Crippen molar-refractivity contribution in [3.05, 3.63) is 12.2 Å². The Morgan fingerprint density at radius 3 is 1.60 bits per heavy atom. The monoisotopic (exact) mass is 268 g/mol. The molecule has 0 aliphatic heterocycles. The van der Waals surface area contributed by atoms with Gasteiger partial charge in [-0.25, -0.2) is 0 Å². The number of ketones is 2. The van der Waals surface area contributed by atoms with E-state index in [2.05, 4.69) is 12.2 Å². The highest BCUT2D eigenvalue weighted by Crippen LogP contribution is 2.82. The van der Waals surface area contributed by atoms with Gasteiger partial charge >= 0.3 is 0 Å². The van der Waals surface area contributed by atoms with Crippen LogP contribution in [-0.2, 0) is 9.59 Å². The zero-order valence-electron chi connectivity index (χ0n) is 10.9. The van der Waals surface area contributed by atoms with Crippen LogP contribution in [0.4, 0.5) is 0 Å². The second-order valence-electron chi connectivity index (χ2n) is 8.40. The van der Waals surface area contributed by atoms with Crippen LogP contribution in [0.2, 0.25) is 0 Å². The van der Waals surface area contributed by atoms with Crippen molar-refractivity contribution in [2.24, 2.45) is 71.0 Å². The lowest BCUT2D eigenvalue weighted by molar-refractivity contribution is -0.133. The van der Waals surface area contributed by atoms with E-state index in [9.17, 15) is 14.7 Å². The lowest BCUT2D eigenvalue weighted by Crippen LogP contribution is -2.37. The van der Waals surface area contributed by atoms with Gasteiger partial charge in [-0.15, -0.1) is 0 Å². The zero-order chi connectivity index (χ0) is 13.1. The van der Waals surface area contributed by atoms with Crippen molar-refractivity contribution >= 4 is 11.6 Å². The second kappa shape index (κ2) is 2.47. The topological polar surface area (TPSA) is 54.4 Å². The maximum atomic E-state index is 12.9. The molecular weight excluding hydrogens is 252 g/mol. The summed E-state index contributed by atoms with van der Waals surface area (Å²) in [4.78, 5) is 25.7. The Morgan fingerprint density at radius 1 is 0.650 bits per heavy atom. The van der Waals surface area contributed by atoms with Crippen molar-refractivity contribution in [1.29, 1.82) is 0 Å². The normalized spacial score (nSPS) is 75.8. The number of hydrogen-bond acceptors (Lipinski definition) is 3. The van der Waals surface area contributed by atoms with Gasteiger partial charge in [-0.3, -0.25) is 9.59 Å². The fourth-order valence-corrected chi connectivity index (χ4v) is 8.82. The highest BCUT2D eigenvalue weighted by Gasteiger charge is 2.84. The Balaban J connectivity index is 1.60. The Kier molecular flexibility index (Phi) is 1.22. The first-order valence-corrected chi connectivity index (χ1v) is 8.15. The standard InChI is InChI=1S/C17H16O3/c18-15-6-3-1-2-4-5(3)8-9(6)11-12-10(8)7(4)16(19)14(12)17(20)13(11)15/h1-14,17,20H/t3-,4-,5?,6+,7+,8?,9-,10+,11-,12+,13-,14+,17?/m0/s1. The molecule has 6 saturated carbocycles. The van der Waals surface area contributed by atoms with Crippen molar-refractivity contribution in [1.82, 2.24) is 0 Å². The first-order valence-electron chi connectivity index (χ1n) is 8.15. The van der Waals surface area contributed by atoms with Gasteiger partial charge in [0.2, 0.25) is 0 Å². The molecule has 0 saturated heterocycles. The molecule has 0 amide bonds. The van der Waals surface area contributed by atoms with Crippen LogP contribution in [0.25, 0.3) is 0 Å². The molecule has 0 heterocycles. The van der Waals surface area contributed by atoms with Gasteiger partial charge in [0.25, 0.3) is 0 Å². The van der Waals surface area contributed by atoms with Crippen LogP contribution in [0, 0.1) is 71.0 Å². The SMILES string of the molecule is O=C1[C@H]2[C@@H]3C4C5[C@H](C=C[C@@H]52)[C@H]2C(=O)[C@H]5C(O)[C@@H]1[C@H]3[C@@H]5[C@H]42. The fourth-order valence-electron chi connectivity index (χ4n) is 8.82. The number of Topliss-reactive ketones (excluding diaryl/α,β-unsaturated/α-hetero) is 2. The molecule has 0 aromatic heterocycles. The molecule has 20 heavy (non-hydrogen) atoms. The molecule has 0 radical (unpaired) electrons. The summed E-state index contributed by atoms with van der Waals surface area (Å²) in [5.74, 6) is 4.40. The van der Waals surface area contributed by atoms with Gasteiger partial charge < -0.3 is 5.11 Å². The summed E-state index contributed by atoms with van der Waals surface area (Å²) < 4.78 is 0. The highest BCUT2D eigenvalue weighted by molar-refractivity contribution is 5.96. The average molecular weight is 268 g/mol. The number of aliphatic hydroxyl groups excluding tert-OH is 1. The number of hydrogen-bond donors (Lipinski definition) is 1. The van der Waals surface area contributed by atoms with Crippen molar-refractivity contribution in [3.8, 4) is 0 Å². The van der Waals surface area contributed by atoms with Crippen molar-refractivity contribution in [2.75, 3.05) is 0 Å². The summed E-state index contributed by atoms with van der Waals surface area (Å²) in [6, 6.07) is 0. The molecule has 0 bridgehead atoms. The molecule has 7 aliphatic rings. The molecule has 0 aromatic carbocycles. The Bertz CT molecular complexity index is 595. The van der Waals surface area contributed by atoms with E-state index in [1.165, 1.54) is 0 Å². The number of carbonyl (C=O) groups excluding carboxylic acids is 2. The molecule has 7 rings (SSSR count). The van der Waals surface area contributed by atoms with E-state index in [1.807, 2.05) is 0 Å². The van der Waals surface area contributed by atoms with Crippen LogP contribution in [0.15, 0.2) is 12.2 Å². The van der Waals surface area contributed by atoms with Gasteiger partial charge in [0.05, 0.1) is 6.10 Å². The molecule has 6 fully saturated rings. The molecule has 102 valence electrons. The first kappa shape index (κ1) is 9.88. The minimum Gasteiger partial charge on any atom is -0.392 e. The Labute approximate surface area is 116 Å². The molecule has 0 spiro atoms. The van der Waals surface area contributed by atoms with Gasteiger partial charge in [0.1, 0.15) is 11.6 Å². The molecule has 13 atom stereocenters. The summed E-state index contributed by atoms with van der Waals surface area (Å²) in [6.07, 6.45) is 3.87. The summed E-state index contributed by atoms with van der Waals surface area (Å²) in [6.45, 7) is 0. The first-order chi connectivity index (χ1) is 9.72. The van der Waals surface area contributed by atoms with Crippen molar-refractivity contribution in [2.45, 2.75) is 6.10 Å². The zero-order valence-corrected chi connectivity index (χ0v) is 10.9. The van der Waals surface area contributed by atoms with E-state index < -0.39 is 6.10 Å². The third-order valence-corrected chi connectivity index (χ3v) is 8.65. The number of allylic oxidation sites excluding steroid dienone is 2. The smallest absolute Gasteiger partial charge is 0.142 e. The molecule has 3 nitrogen and oxygen atoms in total. The molecule has 7 aliphatic carbocycles. The number of aliphatic hydroxyl groups is 1. The van der Waals surface area contributed by atoms with E-state index in [1.54, 1.807) is 0 Å². The van der Waals surface area contributed by atoms with E-state index >= 15 is 0 Å². The minimum absolute atomic E-state index is 0.191. The van der Waals surface area contributed by atoms with E-state index in [0.29, 0.717) is 58.9 Å². The van der Waals surface area contributed by atoms with Gasteiger partial charge in [0, 0.05) is 23.7 Å². The van der Waals surface area contributed by atoms with Gasteiger partial charge in [0.15, 0.2) is 0 Å². The molecule has 1 N–H and O–H groups in total. The predicted octanol–water partition coefficient (Wildman–Crippen LogP) is 0.531. The molecule has 3 unspecified atom stereocenters. The van der Waals surface area contributed by atoms with Crippen molar-refractivity contribution in [3.63, 3.8) is 0 Å². The van der Waals surface area contributed by atoms with Gasteiger partial charge in [-0.2, -0.15) is 0 Å². The molecule has 0 aromatic rings. The van der Waals surface area contributed by atoms with E-state index in [-0.39, 0.29) is 23.7 Å². The summed E-state index contributed by atoms with van der Waals surface area (Å²) in [5, 5.41) is 10.6. The minimum atomic E-state index is -0.653. The quantitative estimate of drug-likeness (QED) is 0.652. The maximum absolute atomic E-state index is 12.9. The van der Waals surface area contributed by atoms with Crippen molar-refractivity contribution < 1.29 is 14.7 Å². The highest BCUT2D eigenvalue weighted by atomic mass is 16.3. The maximum Gasteiger partial charge on any atom is 0.142 e. The van der Waals surface area contributed by atoms with Crippen LogP contribution in [0.5, 0.6) is 0 Å². The fraction of sp³-hybridized carbons (Fsp3) is 0.765. The predicted molar refractivity (Wildman–Crippen MR) is 67.0 cm³/mol. The second-order valence-corrected chi connectivity index (χ2v) is 8.40. The van der Waals surface area contributed by atoms with Crippen LogP contribution in [0.3, 0.4) is 0 Å². The number of rotatable bonds is 0. The molecular formula is C17H16O3. The Morgan fingerprint density at radius 2 is 1.10 bits per heavy atom. The summed E-state index contributed by atoms with van der Waals surface area (Å²) in [7, 11) is 0. The number of carbonyl (C=O) groups is 2. The molecule has 3 heteroatoms. The average Bonchev–Trinajstić information content (AvgIpc) is 3.11. The van der Waals surface area contributed by atoms with Crippen LogP contribution in [-0.4, -0.2) is 22.8 Å². The van der Waals surface area contributed by atoms with Gasteiger partial charge in [-0.1, -0.05) is 12.2 Å². The van der Waals surface area contributed by atoms with E-state index in [0.717, 1.165) is 0 Å². The van der Waals surface area contributed by atoms with Crippen LogP contribution < -0.4 is 0 Å². The third kappa shape index (κ3) is 0.621. The third-order valence-electron chi connectivity index (χ3n) is 8.65. The number of fused-ring (bicyclic) bond motifs is 2. The summed E-state index contributed by atoms with van der Waals surface area (Å²) >= 11 is 0. The lowest BCUT2D eigenvalue weighted by Gasteiger charge is -2.25. The largest absolute Gasteiger partial charge is 0.392 e. The Hall–Kier alpha value is -0.960. The lowest BCUT2D eigenvalue weighted by atomic mass is 9.78.